The van der Waals surface area contributed by atoms with Gasteiger partial charge in [-0.05, 0) is 79.6 Å². The lowest BCUT2D eigenvalue weighted by molar-refractivity contribution is -0.402. The van der Waals surface area contributed by atoms with Crippen LogP contribution in [0.1, 0.15) is 75.8 Å². The van der Waals surface area contributed by atoms with E-state index in [1.54, 1.807) is 0 Å². The molecule has 0 spiro atoms. The quantitative estimate of drug-likeness (QED) is 0.216. The van der Waals surface area contributed by atoms with Gasteiger partial charge in [0.05, 0.1) is 6.61 Å². The molecule has 0 radical (unpaired) electrons. The van der Waals surface area contributed by atoms with Gasteiger partial charge in [0.25, 0.3) is 5.60 Å². The summed E-state index contributed by atoms with van der Waals surface area (Å²) in [4.78, 5) is 0. The van der Waals surface area contributed by atoms with Crippen molar-refractivity contribution >= 4 is 0 Å². The van der Waals surface area contributed by atoms with Crippen LogP contribution in [0.2, 0.25) is 0 Å². The monoisotopic (exact) mass is 478 g/mol. The molecule has 0 aromatic heterocycles. The van der Waals surface area contributed by atoms with Gasteiger partial charge in [-0.1, -0.05) is 38.1 Å². The molecular formula is C25H32F6O2. The molecule has 4 aliphatic carbocycles. The van der Waals surface area contributed by atoms with E-state index in [0.717, 1.165) is 37.8 Å². The molecule has 5 rings (SSSR count). The van der Waals surface area contributed by atoms with E-state index in [-0.39, 0.29) is 17.9 Å². The highest BCUT2D eigenvalue weighted by Crippen LogP contribution is 2.60. The molecule has 1 unspecified atom stereocenters. The fourth-order valence-electron chi connectivity index (χ4n) is 6.87. The first-order valence-electron chi connectivity index (χ1n) is 11.8. The lowest BCUT2D eigenvalue weighted by Crippen LogP contribution is -2.56. The highest BCUT2D eigenvalue weighted by molar-refractivity contribution is 5.32. The first-order valence-corrected chi connectivity index (χ1v) is 11.8. The van der Waals surface area contributed by atoms with Gasteiger partial charge in [0.1, 0.15) is 6.79 Å². The fraction of sp³-hybridized carbons (Fsp3) is 0.760. The highest BCUT2D eigenvalue weighted by Gasteiger charge is 2.73. The standard InChI is InChI=1S/C25H32F6O2/c1-3-16(2)20-4-6-21(7-5-20)23(24(26,27)28,25(29,30)31)33-15-32-14-22-11-17-8-18(12-22)10-19(9-17)13-22/h4-7,16-19H,3,8-15H2,1-2H3. The zero-order valence-electron chi connectivity index (χ0n) is 19.1. The third-order valence-electron chi connectivity index (χ3n) is 8.23. The molecule has 33 heavy (non-hydrogen) atoms. The minimum atomic E-state index is -5.70. The molecule has 4 bridgehead atoms. The van der Waals surface area contributed by atoms with E-state index in [1.807, 2.05) is 13.8 Å². The molecule has 2 nitrogen and oxygen atoms in total. The van der Waals surface area contributed by atoms with Crippen LogP contribution >= 0.6 is 0 Å². The number of alkyl halides is 6. The Labute approximate surface area is 191 Å². The van der Waals surface area contributed by atoms with E-state index in [0.29, 0.717) is 23.3 Å². The van der Waals surface area contributed by atoms with Gasteiger partial charge in [-0.2, -0.15) is 26.3 Å². The summed E-state index contributed by atoms with van der Waals surface area (Å²) in [6.45, 7) is 2.85. The molecule has 186 valence electrons. The van der Waals surface area contributed by atoms with Crippen LogP contribution in [0.15, 0.2) is 24.3 Å². The summed E-state index contributed by atoms with van der Waals surface area (Å²) in [6.07, 6.45) is -4.29. The van der Waals surface area contributed by atoms with Crippen molar-refractivity contribution in [3.8, 4) is 0 Å². The van der Waals surface area contributed by atoms with Gasteiger partial charge in [-0.3, -0.25) is 0 Å². The van der Waals surface area contributed by atoms with E-state index in [1.165, 1.54) is 31.4 Å². The summed E-state index contributed by atoms with van der Waals surface area (Å²) in [6, 6.07) is 4.38. The van der Waals surface area contributed by atoms with E-state index in [4.69, 9.17) is 4.74 Å². The zero-order chi connectivity index (χ0) is 24.1. The van der Waals surface area contributed by atoms with Crippen LogP contribution in [-0.4, -0.2) is 25.8 Å². The minimum Gasteiger partial charge on any atom is -0.355 e. The fourth-order valence-corrected chi connectivity index (χ4v) is 6.87. The summed E-state index contributed by atoms with van der Waals surface area (Å²) < 4.78 is 94.2. The molecule has 1 aromatic carbocycles. The number of benzene rings is 1. The topological polar surface area (TPSA) is 18.5 Å². The maximum Gasteiger partial charge on any atom is 0.430 e. The van der Waals surface area contributed by atoms with E-state index in [9.17, 15) is 26.3 Å². The molecule has 4 saturated carbocycles. The first-order chi connectivity index (χ1) is 15.4. The van der Waals surface area contributed by atoms with Crippen LogP contribution in [0.25, 0.3) is 0 Å². The first kappa shape index (κ1) is 24.8. The smallest absolute Gasteiger partial charge is 0.355 e. The van der Waals surface area contributed by atoms with Crippen LogP contribution in [0.3, 0.4) is 0 Å². The Morgan fingerprint density at radius 3 is 1.79 bits per heavy atom. The number of ether oxygens (including phenoxy) is 2. The lowest BCUT2D eigenvalue weighted by atomic mass is 9.50. The van der Waals surface area contributed by atoms with Gasteiger partial charge < -0.3 is 9.47 Å². The van der Waals surface area contributed by atoms with Crippen molar-refractivity contribution in [2.45, 2.75) is 82.7 Å². The molecule has 0 saturated heterocycles. The Balaban J connectivity index is 1.51. The van der Waals surface area contributed by atoms with Crippen molar-refractivity contribution in [3.05, 3.63) is 35.4 Å². The average Bonchev–Trinajstić information content (AvgIpc) is 2.70. The predicted octanol–water partition coefficient (Wildman–Crippen LogP) is 7.73. The maximum absolute atomic E-state index is 14.0. The molecule has 1 atom stereocenters. The van der Waals surface area contributed by atoms with Gasteiger partial charge in [0, 0.05) is 5.56 Å². The van der Waals surface area contributed by atoms with Crippen molar-refractivity contribution in [2.75, 3.05) is 13.4 Å². The Morgan fingerprint density at radius 2 is 1.36 bits per heavy atom. The second-order valence-corrected chi connectivity index (χ2v) is 10.6. The van der Waals surface area contributed by atoms with E-state index in [2.05, 4.69) is 4.74 Å². The van der Waals surface area contributed by atoms with Crippen LogP contribution < -0.4 is 0 Å². The predicted molar refractivity (Wildman–Crippen MR) is 111 cm³/mol. The third kappa shape index (κ3) is 4.54. The molecule has 0 N–H and O–H groups in total. The molecular weight excluding hydrogens is 446 g/mol. The molecule has 4 fully saturated rings. The largest absolute Gasteiger partial charge is 0.430 e. The molecule has 0 heterocycles. The molecule has 1 aromatic rings. The Bertz CT molecular complexity index is 764. The second-order valence-electron chi connectivity index (χ2n) is 10.6. The van der Waals surface area contributed by atoms with Crippen molar-refractivity contribution in [1.82, 2.24) is 0 Å². The summed E-state index contributed by atoms with van der Waals surface area (Å²) in [5, 5.41) is 0. The van der Waals surface area contributed by atoms with Crippen LogP contribution in [-0.2, 0) is 15.1 Å². The second kappa shape index (κ2) is 8.74. The van der Waals surface area contributed by atoms with E-state index >= 15 is 0 Å². The van der Waals surface area contributed by atoms with Crippen molar-refractivity contribution in [1.29, 1.82) is 0 Å². The Morgan fingerprint density at radius 1 is 0.879 bits per heavy atom. The molecule has 4 aliphatic rings. The van der Waals surface area contributed by atoms with Crippen LogP contribution in [0.4, 0.5) is 26.3 Å². The number of hydrogen-bond donors (Lipinski definition) is 0. The summed E-state index contributed by atoms with van der Waals surface area (Å²) in [5.74, 6) is 1.84. The number of hydrogen-bond acceptors (Lipinski definition) is 2. The van der Waals surface area contributed by atoms with Crippen LogP contribution in [0, 0.1) is 23.2 Å². The highest BCUT2D eigenvalue weighted by atomic mass is 19.4. The average molecular weight is 479 g/mol. The van der Waals surface area contributed by atoms with Crippen LogP contribution in [0.5, 0.6) is 0 Å². The van der Waals surface area contributed by atoms with Gasteiger partial charge in [0.15, 0.2) is 0 Å². The van der Waals surface area contributed by atoms with Crippen molar-refractivity contribution < 1.29 is 35.8 Å². The lowest BCUT2D eigenvalue weighted by Gasteiger charge is -2.56. The van der Waals surface area contributed by atoms with Crippen molar-refractivity contribution in [3.63, 3.8) is 0 Å². The van der Waals surface area contributed by atoms with Gasteiger partial charge >= 0.3 is 12.4 Å². The van der Waals surface area contributed by atoms with E-state index < -0.39 is 30.3 Å². The number of halogens is 6. The van der Waals surface area contributed by atoms with Gasteiger partial charge in [-0.25, -0.2) is 0 Å². The third-order valence-corrected chi connectivity index (χ3v) is 8.23. The van der Waals surface area contributed by atoms with Gasteiger partial charge in [0.2, 0.25) is 0 Å². The molecule has 0 amide bonds. The Kier molecular flexibility index (Phi) is 6.58. The Hall–Kier alpha value is -1.28. The van der Waals surface area contributed by atoms with Crippen molar-refractivity contribution in [2.24, 2.45) is 23.2 Å². The summed E-state index contributed by atoms with van der Waals surface area (Å²) >= 11 is 0. The molecule has 0 aliphatic heterocycles. The number of rotatable bonds is 8. The zero-order valence-corrected chi connectivity index (χ0v) is 19.1. The summed E-state index contributed by atoms with van der Waals surface area (Å²) in [7, 11) is 0. The maximum atomic E-state index is 14.0. The SMILES string of the molecule is CCC(C)c1ccc(C(OCOCC23CC4CC(CC(C4)C2)C3)(C(F)(F)F)C(F)(F)F)cc1. The molecule has 8 heteroatoms. The minimum absolute atomic E-state index is 0.0229. The normalized spacial score (nSPS) is 30.6. The summed E-state index contributed by atoms with van der Waals surface area (Å²) in [5.41, 5.74) is -4.87. The van der Waals surface area contributed by atoms with Gasteiger partial charge in [-0.15, -0.1) is 0 Å².